The minimum absolute atomic E-state index is 0.196. The first-order valence-corrected chi connectivity index (χ1v) is 17.6. The molecule has 0 radical (unpaired) electrons. The van der Waals surface area contributed by atoms with E-state index in [1.165, 1.54) is 87.6 Å². The molecule has 2 aliphatic carbocycles. The highest BCUT2D eigenvalue weighted by Gasteiger charge is 2.53. The maximum absolute atomic E-state index is 2.55. The fourth-order valence-electron chi connectivity index (χ4n) is 10.2. The maximum atomic E-state index is 2.55. The number of para-hydroxylation sites is 3. The summed E-state index contributed by atoms with van der Waals surface area (Å²) in [6, 6.07) is 55.1. The number of benzene rings is 7. The zero-order valence-electron chi connectivity index (χ0n) is 27.7. The Morgan fingerprint density at radius 1 is 0.551 bits per heavy atom. The molecule has 232 valence electrons. The van der Waals surface area contributed by atoms with Crippen LogP contribution in [0.1, 0.15) is 65.1 Å². The highest BCUT2D eigenvalue weighted by atomic mass is 15.0. The molecule has 0 saturated heterocycles. The fraction of sp³-hybridized carbons (Fsp3) is 0.125. The number of fused-ring (bicyclic) bond motifs is 14. The minimum atomic E-state index is -0.468. The van der Waals surface area contributed by atoms with Crippen molar-refractivity contribution in [3.8, 4) is 5.69 Å². The fourth-order valence-corrected chi connectivity index (χ4v) is 10.2. The van der Waals surface area contributed by atoms with Crippen LogP contribution in [0.2, 0.25) is 0 Å². The van der Waals surface area contributed by atoms with Gasteiger partial charge >= 0.3 is 0 Å². The Bertz CT molecular complexity index is 2850. The zero-order chi connectivity index (χ0) is 32.5. The van der Waals surface area contributed by atoms with Crippen LogP contribution in [0.5, 0.6) is 0 Å². The largest absolute Gasteiger partial charge is 0.309 e. The first kappa shape index (κ1) is 27.3. The molecule has 7 aromatic carbocycles. The quantitative estimate of drug-likeness (QED) is 0.171. The predicted molar refractivity (Wildman–Crippen MR) is 204 cm³/mol. The zero-order valence-corrected chi connectivity index (χ0v) is 27.7. The molecule has 11 rings (SSSR count). The molecule has 1 aliphatic heterocycles. The van der Waals surface area contributed by atoms with Gasteiger partial charge in [-0.25, -0.2) is 0 Å². The Balaban J connectivity index is 1.28. The van der Waals surface area contributed by atoms with Crippen LogP contribution in [0.4, 0.5) is 0 Å². The monoisotopic (exact) mass is 625 g/mol. The van der Waals surface area contributed by atoms with Crippen molar-refractivity contribution < 1.29 is 0 Å². The van der Waals surface area contributed by atoms with Crippen LogP contribution in [-0.2, 0) is 10.8 Å². The molecule has 0 saturated carbocycles. The minimum Gasteiger partial charge on any atom is -0.309 e. The van der Waals surface area contributed by atoms with Gasteiger partial charge in [0.1, 0.15) is 0 Å². The summed E-state index contributed by atoms with van der Waals surface area (Å²) in [6.07, 6.45) is 6.03. The van der Waals surface area contributed by atoms with Gasteiger partial charge in [0.2, 0.25) is 0 Å². The van der Waals surface area contributed by atoms with Gasteiger partial charge in [-0.15, -0.1) is 0 Å². The summed E-state index contributed by atoms with van der Waals surface area (Å²) in [5.74, 6) is 0.284. The third-order valence-corrected chi connectivity index (χ3v) is 12.1. The average molecular weight is 626 g/mol. The van der Waals surface area contributed by atoms with Gasteiger partial charge < -0.3 is 4.57 Å². The highest BCUT2D eigenvalue weighted by Crippen LogP contribution is 2.61. The van der Waals surface area contributed by atoms with Crippen molar-refractivity contribution in [3.05, 3.63) is 195 Å². The molecule has 2 unspecified atom stereocenters. The number of nitrogens with zero attached hydrogens (tertiary/aromatic N) is 1. The second-order valence-corrected chi connectivity index (χ2v) is 14.8. The molecule has 3 aliphatic rings. The molecular weight excluding hydrogens is 591 g/mol. The van der Waals surface area contributed by atoms with Gasteiger partial charge in [-0.2, -0.15) is 0 Å². The summed E-state index contributed by atoms with van der Waals surface area (Å²) in [5, 5.41) is 8.00. The molecule has 1 nitrogen and oxygen atoms in total. The standard InChI is InChI=1S/C48H35N/c1-47(2)38-18-6-7-19-39(38)48(40-20-8-10-24-44(40)49-43-23-9-5-15-36(43)37-17-12-22-42(48)46(37)49)41-21-11-16-35(45(41)47)32-27-28-34-31(29-32)26-25-30-13-3-4-14-33(30)34/h3-26,28-29,32H,27H2,1-2H3. The summed E-state index contributed by atoms with van der Waals surface area (Å²) < 4.78 is 2.54. The molecule has 8 aromatic rings. The van der Waals surface area contributed by atoms with Gasteiger partial charge in [-0.3, -0.25) is 0 Å². The lowest BCUT2D eigenvalue weighted by Gasteiger charge is -2.51. The van der Waals surface area contributed by atoms with Gasteiger partial charge in [0.15, 0.2) is 0 Å². The van der Waals surface area contributed by atoms with Crippen molar-refractivity contribution in [2.45, 2.75) is 37.0 Å². The first-order chi connectivity index (χ1) is 24.1. The molecule has 0 fully saturated rings. The Hall–Kier alpha value is -5.66. The van der Waals surface area contributed by atoms with Crippen molar-refractivity contribution in [1.29, 1.82) is 0 Å². The van der Waals surface area contributed by atoms with Crippen molar-refractivity contribution in [2.75, 3.05) is 0 Å². The summed E-state index contributed by atoms with van der Waals surface area (Å²) in [5.41, 5.74) is 13.1. The molecule has 1 spiro atoms. The normalized spacial score (nSPS) is 19.5. The lowest BCUT2D eigenvalue weighted by atomic mass is 9.52. The summed E-state index contributed by atoms with van der Waals surface area (Å²) in [4.78, 5) is 0. The Morgan fingerprint density at radius 2 is 1.22 bits per heavy atom. The Kier molecular flexibility index (Phi) is 5.29. The van der Waals surface area contributed by atoms with E-state index in [9.17, 15) is 0 Å². The summed E-state index contributed by atoms with van der Waals surface area (Å²) in [7, 11) is 0. The first-order valence-electron chi connectivity index (χ1n) is 17.6. The van der Waals surface area contributed by atoms with Gasteiger partial charge in [-0.1, -0.05) is 159 Å². The lowest BCUT2D eigenvalue weighted by Crippen LogP contribution is -2.44. The van der Waals surface area contributed by atoms with Gasteiger partial charge in [-0.05, 0) is 78.7 Å². The number of rotatable bonds is 1. The number of hydrogen-bond donors (Lipinski definition) is 0. The molecule has 2 heterocycles. The van der Waals surface area contributed by atoms with E-state index in [4.69, 9.17) is 0 Å². The SMILES string of the molecule is CC1(C)c2ccccc2C2(c3ccccc3-n3c4ccccc4c4cccc2c43)c2cccc(C3C=c4ccc5ccccc5c4=CC3)c21. The van der Waals surface area contributed by atoms with Crippen LogP contribution in [-0.4, -0.2) is 4.57 Å². The van der Waals surface area contributed by atoms with Crippen LogP contribution in [0, 0.1) is 0 Å². The molecule has 0 N–H and O–H groups in total. The number of hydrogen-bond acceptors (Lipinski definition) is 0. The van der Waals surface area contributed by atoms with Crippen LogP contribution in [0.3, 0.4) is 0 Å². The molecular formula is C48H35N. The van der Waals surface area contributed by atoms with Crippen LogP contribution in [0.15, 0.2) is 146 Å². The molecule has 2 atom stereocenters. The van der Waals surface area contributed by atoms with E-state index >= 15 is 0 Å². The van der Waals surface area contributed by atoms with Crippen LogP contribution >= 0.6 is 0 Å². The smallest absolute Gasteiger partial charge is 0.0748 e. The molecule has 0 bridgehead atoms. The van der Waals surface area contributed by atoms with Crippen molar-refractivity contribution in [3.63, 3.8) is 0 Å². The van der Waals surface area contributed by atoms with Crippen LogP contribution < -0.4 is 10.4 Å². The molecule has 1 heteroatoms. The van der Waals surface area contributed by atoms with E-state index in [0.717, 1.165) is 6.42 Å². The summed E-state index contributed by atoms with van der Waals surface area (Å²) >= 11 is 0. The highest BCUT2D eigenvalue weighted by molar-refractivity contribution is 6.12. The van der Waals surface area contributed by atoms with E-state index in [1.807, 2.05) is 0 Å². The maximum Gasteiger partial charge on any atom is 0.0748 e. The van der Waals surface area contributed by atoms with E-state index in [2.05, 4.69) is 176 Å². The lowest BCUT2D eigenvalue weighted by molar-refractivity contribution is 0.547. The van der Waals surface area contributed by atoms with Gasteiger partial charge in [0.05, 0.1) is 22.1 Å². The average Bonchev–Trinajstić information content (AvgIpc) is 3.50. The second kappa shape index (κ2) is 9.49. The van der Waals surface area contributed by atoms with Crippen molar-refractivity contribution in [2.24, 2.45) is 0 Å². The van der Waals surface area contributed by atoms with Gasteiger partial charge in [0, 0.05) is 22.1 Å². The molecule has 0 amide bonds. The van der Waals surface area contributed by atoms with E-state index in [-0.39, 0.29) is 11.3 Å². The topological polar surface area (TPSA) is 4.93 Å². The Morgan fingerprint density at radius 3 is 2.12 bits per heavy atom. The second-order valence-electron chi connectivity index (χ2n) is 14.8. The van der Waals surface area contributed by atoms with Crippen molar-refractivity contribution >= 4 is 44.7 Å². The van der Waals surface area contributed by atoms with E-state index in [1.54, 1.807) is 0 Å². The Labute approximate surface area is 286 Å². The van der Waals surface area contributed by atoms with Gasteiger partial charge in [0.25, 0.3) is 0 Å². The third-order valence-electron chi connectivity index (χ3n) is 12.1. The van der Waals surface area contributed by atoms with Crippen LogP contribution in [0.25, 0.3) is 50.4 Å². The van der Waals surface area contributed by atoms with E-state index in [0.29, 0.717) is 0 Å². The third kappa shape index (κ3) is 3.31. The molecule has 49 heavy (non-hydrogen) atoms. The predicted octanol–water partition coefficient (Wildman–Crippen LogP) is 10.0. The molecule has 1 aromatic heterocycles. The van der Waals surface area contributed by atoms with Crippen molar-refractivity contribution in [1.82, 2.24) is 4.57 Å². The number of aromatic nitrogens is 1. The van der Waals surface area contributed by atoms with E-state index < -0.39 is 5.41 Å². The summed E-state index contributed by atoms with van der Waals surface area (Å²) in [6.45, 7) is 4.92.